The zero-order valence-corrected chi connectivity index (χ0v) is 9.97. The molecule has 3 heterocycles. The van der Waals surface area contributed by atoms with E-state index in [9.17, 15) is 5.11 Å². The number of anilines is 1. The smallest absolute Gasteiger partial charge is 0.167 e. The van der Waals surface area contributed by atoms with E-state index in [1.807, 2.05) is 0 Å². The predicted molar refractivity (Wildman–Crippen MR) is 65.0 cm³/mol. The van der Waals surface area contributed by atoms with E-state index in [1.165, 1.54) is 6.33 Å². The Morgan fingerprint density at radius 2 is 2.21 bits per heavy atom. The Morgan fingerprint density at radius 3 is 2.89 bits per heavy atom. The van der Waals surface area contributed by atoms with Crippen molar-refractivity contribution in [1.82, 2.24) is 19.5 Å². The van der Waals surface area contributed by atoms with Crippen LogP contribution in [0.4, 0.5) is 5.82 Å². The lowest BCUT2D eigenvalue weighted by Gasteiger charge is -2.13. The summed E-state index contributed by atoms with van der Waals surface area (Å²) < 4.78 is 7.22. The van der Waals surface area contributed by atoms with Gasteiger partial charge in [-0.3, -0.25) is 4.57 Å². The van der Waals surface area contributed by atoms with Crippen molar-refractivity contribution in [3.8, 4) is 0 Å². The summed E-state index contributed by atoms with van der Waals surface area (Å²) in [6.07, 6.45) is 1.60. The summed E-state index contributed by atoms with van der Waals surface area (Å²) in [6.45, 7) is -0.221. The normalized spacial score (nSPS) is 26.5. The molecule has 2 aromatic rings. The number of rotatable bonds is 2. The van der Waals surface area contributed by atoms with Gasteiger partial charge in [-0.1, -0.05) is 0 Å². The zero-order valence-electron chi connectivity index (χ0n) is 9.97. The molecule has 9 nitrogen and oxygen atoms in total. The molecule has 3 atom stereocenters. The van der Waals surface area contributed by atoms with Crippen LogP contribution in [0.25, 0.3) is 11.2 Å². The van der Waals surface area contributed by atoms with E-state index in [2.05, 4.69) is 15.0 Å². The van der Waals surface area contributed by atoms with Gasteiger partial charge in [0.05, 0.1) is 19.0 Å². The van der Waals surface area contributed by atoms with Gasteiger partial charge in [-0.2, -0.15) is 0 Å². The Balaban J connectivity index is 0.00000133. The topological polar surface area (TPSA) is 151 Å². The van der Waals surface area contributed by atoms with Crippen molar-refractivity contribution in [2.24, 2.45) is 0 Å². The van der Waals surface area contributed by atoms with Crippen LogP contribution < -0.4 is 5.73 Å². The van der Waals surface area contributed by atoms with Crippen molar-refractivity contribution < 1.29 is 20.4 Å². The fourth-order valence-corrected chi connectivity index (χ4v) is 2.13. The summed E-state index contributed by atoms with van der Waals surface area (Å²) in [5.74, 6) is 0.302. The van der Waals surface area contributed by atoms with E-state index in [0.717, 1.165) is 0 Å². The Bertz CT molecular complexity index is 574. The van der Waals surface area contributed by atoms with Crippen LogP contribution in [0.2, 0.25) is 0 Å². The van der Waals surface area contributed by atoms with E-state index >= 15 is 0 Å². The molecular weight excluding hydrogens is 255 g/mol. The number of imidazole rings is 1. The van der Waals surface area contributed by atoms with E-state index in [1.54, 1.807) is 10.9 Å². The fourth-order valence-electron chi connectivity index (χ4n) is 2.13. The predicted octanol–water partition coefficient (Wildman–Crippen LogP) is -1.78. The quantitative estimate of drug-likeness (QED) is 0.546. The first-order valence-electron chi connectivity index (χ1n) is 5.58. The minimum atomic E-state index is -0.698. The Kier molecular flexibility index (Phi) is 3.62. The number of aliphatic hydroxyl groups is 2. The highest BCUT2D eigenvalue weighted by molar-refractivity contribution is 5.81. The van der Waals surface area contributed by atoms with Gasteiger partial charge in [0.15, 0.2) is 11.5 Å². The third kappa shape index (κ3) is 2.12. The first-order valence-corrected chi connectivity index (χ1v) is 5.58. The second-order valence-electron chi connectivity index (χ2n) is 4.20. The van der Waals surface area contributed by atoms with Crippen molar-refractivity contribution in [1.29, 1.82) is 0 Å². The molecule has 1 saturated heterocycles. The van der Waals surface area contributed by atoms with E-state index in [0.29, 0.717) is 23.4 Å². The van der Waals surface area contributed by atoms with Crippen molar-refractivity contribution in [2.75, 3.05) is 12.3 Å². The molecule has 9 heteroatoms. The highest BCUT2D eigenvalue weighted by atomic mass is 16.6. The van der Waals surface area contributed by atoms with Crippen molar-refractivity contribution in [3.63, 3.8) is 0 Å². The molecule has 0 aliphatic carbocycles. The van der Waals surface area contributed by atoms with Gasteiger partial charge in [0.2, 0.25) is 0 Å². The number of aliphatic hydroxyl groups excluding tert-OH is 2. The second kappa shape index (κ2) is 5.05. The van der Waals surface area contributed by atoms with Gasteiger partial charge >= 0.3 is 0 Å². The molecule has 0 saturated carbocycles. The molecule has 0 spiro atoms. The fraction of sp³-hybridized carbons (Fsp3) is 0.500. The number of fused-ring (bicyclic) bond motifs is 1. The van der Waals surface area contributed by atoms with Crippen LogP contribution in [0.5, 0.6) is 0 Å². The minimum absolute atomic E-state index is 0. The van der Waals surface area contributed by atoms with Gasteiger partial charge in [-0.05, 0) is 0 Å². The monoisotopic (exact) mass is 270 g/mol. The van der Waals surface area contributed by atoms with Crippen LogP contribution in [0, 0.1) is 0 Å². The molecule has 0 radical (unpaired) electrons. The lowest BCUT2D eigenvalue weighted by Crippen LogP contribution is -2.24. The minimum Gasteiger partial charge on any atom is -0.412 e. The number of aromatic nitrogens is 4. The van der Waals surface area contributed by atoms with Crippen LogP contribution in [0.1, 0.15) is 12.6 Å². The molecule has 0 unspecified atom stereocenters. The third-order valence-electron chi connectivity index (χ3n) is 3.08. The maximum Gasteiger partial charge on any atom is 0.167 e. The van der Waals surface area contributed by atoms with Gasteiger partial charge in [0.25, 0.3) is 0 Å². The van der Waals surface area contributed by atoms with Crippen LogP contribution >= 0.6 is 0 Å². The maximum absolute atomic E-state index is 9.71. The Labute approximate surface area is 108 Å². The van der Waals surface area contributed by atoms with Gasteiger partial charge in [-0.25, -0.2) is 15.0 Å². The molecule has 3 rings (SSSR count). The Morgan fingerprint density at radius 1 is 1.42 bits per heavy atom. The SMILES string of the molecule is Nc1ncnc2c1ncn2[C@H]1C[C@H](O)[C@@H]([13CH2]O)O1.O. The second-order valence-corrected chi connectivity index (χ2v) is 4.20. The molecule has 6 N–H and O–H groups in total. The molecule has 0 bridgehead atoms. The average molecular weight is 270 g/mol. The highest BCUT2D eigenvalue weighted by Crippen LogP contribution is 2.30. The number of nitrogens with two attached hydrogens (primary N) is 1. The van der Waals surface area contributed by atoms with Gasteiger partial charge in [0.1, 0.15) is 24.2 Å². The maximum atomic E-state index is 9.71. The summed E-state index contributed by atoms with van der Waals surface area (Å²) in [6, 6.07) is 0. The van der Waals surface area contributed by atoms with Crippen molar-refractivity contribution in [2.45, 2.75) is 24.9 Å². The molecule has 104 valence electrons. The van der Waals surface area contributed by atoms with Crippen LogP contribution in [-0.2, 0) is 4.74 Å². The lowest BCUT2D eigenvalue weighted by molar-refractivity contribution is -0.0432. The molecule has 1 aliphatic rings. The van der Waals surface area contributed by atoms with Crippen molar-refractivity contribution in [3.05, 3.63) is 12.7 Å². The molecule has 1 aliphatic heterocycles. The van der Waals surface area contributed by atoms with Gasteiger partial charge < -0.3 is 26.2 Å². The summed E-state index contributed by atoms with van der Waals surface area (Å²) in [5, 5.41) is 18.8. The highest BCUT2D eigenvalue weighted by Gasteiger charge is 2.35. The summed E-state index contributed by atoms with van der Waals surface area (Å²) in [5.41, 5.74) is 6.75. The molecule has 0 aromatic carbocycles. The number of nitrogens with zero attached hydrogens (tertiary/aromatic N) is 4. The lowest BCUT2D eigenvalue weighted by atomic mass is 10.2. The van der Waals surface area contributed by atoms with E-state index in [4.69, 9.17) is 15.6 Å². The third-order valence-corrected chi connectivity index (χ3v) is 3.08. The number of hydrogen-bond donors (Lipinski definition) is 3. The number of hydrogen-bond acceptors (Lipinski definition) is 7. The molecular formula is C10H15N5O4. The van der Waals surface area contributed by atoms with Gasteiger partial charge in [-0.15, -0.1) is 0 Å². The summed E-state index contributed by atoms with van der Waals surface area (Å²) in [7, 11) is 0. The zero-order chi connectivity index (χ0) is 12.7. The molecule has 0 amide bonds. The number of nitrogen functional groups attached to an aromatic ring is 1. The first-order chi connectivity index (χ1) is 8.70. The first kappa shape index (κ1) is 13.6. The van der Waals surface area contributed by atoms with Crippen LogP contribution in [0.15, 0.2) is 12.7 Å². The van der Waals surface area contributed by atoms with Crippen molar-refractivity contribution >= 4 is 17.0 Å². The van der Waals surface area contributed by atoms with Gasteiger partial charge in [0, 0.05) is 6.42 Å². The molecule has 2 aromatic heterocycles. The standard InChI is InChI=1S/C10H13N5O3.H2O/c11-9-8-10(13-3-12-9)15(4-14-8)7-1-5(17)6(2-16)18-7;/h3-7,16-17H,1-2H2,(H2,11,12,13);1H2/t5-,6+,7+;/m0./s1/i2+1;. The average Bonchev–Trinajstić information content (AvgIpc) is 2.93. The van der Waals surface area contributed by atoms with Crippen LogP contribution in [-0.4, -0.2) is 54.0 Å². The van der Waals surface area contributed by atoms with E-state index in [-0.39, 0.29) is 12.1 Å². The summed E-state index contributed by atoms with van der Waals surface area (Å²) >= 11 is 0. The largest absolute Gasteiger partial charge is 0.412 e. The number of ether oxygens (including phenoxy) is 1. The van der Waals surface area contributed by atoms with Crippen LogP contribution in [0.3, 0.4) is 0 Å². The molecule has 19 heavy (non-hydrogen) atoms. The summed E-state index contributed by atoms with van der Waals surface area (Å²) in [4.78, 5) is 12.1. The molecule has 1 fully saturated rings. The Hall–Kier alpha value is -1.81. The van der Waals surface area contributed by atoms with E-state index < -0.39 is 18.4 Å².